The zero-order chi connectivity index (χ0) is 10.1. The Morgan fingerprint density at radius 2 is 2.29 bits per heavy atom. The molecule has 2 N–H and O–H groups in total. The van der Waals surface area contributed by atoms with Gasteiger partial charge in [-0.15, -0.1) is 0 Å². The number of aromatic nitrogens is 2. The van der Waals surface area contributed by atoms with Gasteiger partial charge in [0.05, 0.1) is 6.04 Å². The van der Waals surface area contributed by atoms with E-state index in [-0.39, 0.29) is 0 Å². The SMILES string of the molecule is Cc1nccn1C1CC(C)CCC1N. The van der Waals surface area contributed by atoms with Gasteiger partial charge in [0.2, 0.25) is 0 Å². The Bertz CT molecular complexity index is 305. The molecule has 1 fully saturated rings. The van der Waals surface area contributed by atoms with Gasteiger partial charge in [-0.3, -0.25) is 0 Å². The maximum absolute atomic E-state index is 6.15. The van der Waals surface area contributed by atoms with Crippen LogP contribution in [-0.4, -0.2) is 15.6 Å². The van der Waals surface area contributed by atoms with Crippen molar-refractivity contribution >= 4 is 0 Å². The van der Waals surface area contributed by atoms with E-state index in [9.17, 15) is 0 Å². The molecule has 3 nitrogen and oxygen atoms in total. The van der Waals surface area contributed by atoms with Crippen LogP contribution in [0, 0.1) is 12.8 Å². The van der Waals surface area contributed by atoms with E-state index in [4.69, 9.17) is 5.73 Å². The Labute approximate surface area is 85.3 Å². The van der Waals surface area contributed by atoms with Crippen LogP contribution in [0.4, 0.5) is 0 Å². The van der Waals surface area contributed by atoms with Crippen molar-refractivity contribution in [3.63, 3.8) is 0 Å². The van der Waals surface area contributed by atoms with Gasteiger partial charge in [0.1, 0.15) is 5.82 Å². The van der Waals surface area contributed by atoms with Gasteiger partial charge in [0.15, 0.2) is 0 Å². The first kappa shape index (κ1) is 9.71. The van der Waals surface area contributed by atoms with Crippen LogP contribution >= 0.6 is 0 Å². The summed E-state index contributed by atoms with van der Waals surface area (Å²) < 4.78 is 2.24. The fourth-order valence-electron chi connectivity index (χ4n) is 2.43. The molecule has 78 valence electrons. The summed E-state index contributed by atoms with van der Waals surface area (Å²) in [6.45, 7) is 4.36. The van der Waals surface area contributed by atoms with Gasteiger partial charge in [-0.05, 0) is 32.1 Å². The third kappa shape index (κ3) is 1.69. The zero-order valence-electron chi connectivity index (χ0n) is 8.98. The Morgan fingerprint density at radius 3 is 2.93 bits per heavy atom. The molecule has 0 saturated heterocycles. The lowest BCUT2D eigenvalue weighted by Gasteiger charge is -2.34. The molecule has 0 bridgehead atoms. The number of nitrogens with zero attached hydrogens (tertiary/aromatic N) is 2. The summed E-state index contributed by atoms with van der Waals surface area (Å²) in [5, 5.41) is 0. The monoisotopic (exact) mass is 193 g/mol. The maximum atomic E-state index is 6.15. The van der Waals surface area contributed by atoms with Crippen LogP contribution in [0.25, 0.3) is 0 Å². The summed E-state index contributed by atoms with van der Waals surface area (Å²) >= 11 is 0. The van der Waals surface area contributed by atoms with Crippen LogP contribution in [0.2, 0.25) is 0 Å². The second-order valence-electron chi connectivity index (χ2n) is 4.53. The molecule has 1 aliphatic rings. The van der Waals surface area contributed by atoms with Crippen LogP contribution in [-0.2, 0) is 0 Å². The minimum Gasteiger partial charge on any atom is -0.331 e. The molecule has 1 aromatic rings. The molecular weight excluding hydrogens is 174 g/mol. The number of imidazole rings is 1. The highest BCUT2D eigenvalue weighted by molar-refractivity contribution is 4.97. The van der Waals surface area contributed by atoms with E-state index in [2.05, 4.69) is 22.7 Å². The summed E-state index contributed by atoms with van der Waals surface area (Å²) in [5.41, 5.74) is 6.15. The highest BCUT2D eigenvalue weighted by Crippen LogP contribution is 2.31. The Hall–Kier alpha value is -0.830. The molecule has 1 aliphatic carbocycles. The van der Waals surface area contributed by atoms with Crippen molar-refractivity contribution in [3.8, 4) is 0 Å². The van der Waals surface area contributed by atoms with E-state index in [1.54, 1.807) is 0 Å². The standard InChI is InChI=1S/C11H19N3/c1-8-3-4-10(12)11(7-8)14-6-5-13-9(14)2/h5-6,8,10-11H,3-4,7,12H2,1-2H3. The van der Waals surface area contributed by atoms with Crippen molar-refractivity contribution in [1.82, 2.24) is 9.55 Å². The lowest BCUT2D eigenvalue weighted by molar-refractivity contribution is 0.244. The molecule has 1 heterocycles. The molecule has 0 aromatic carbocycles. The second kappa shape index (κ2) is 3.73. The van der Waals surface area contributed by atoms with E-state index < -0.39 is 0 Å². The molecule has 3 heteroatoms. The predicted octanol–water partition coefficient (Wildman–Crippen LogP) is 1.88. The molecule has 3 atom stereocenters. The molecule has 14 heavy (non-hydrogen) atoms. The molecule has 1 saturated carbocycles. The molecule has 0 radical (unpaired) electrons. The first-order valence-corrected chi connectivity index (χ1v) is 5.43. The van der Waals surface area contributed by atoms with Crippen molar-refractivity contribution in [1.29, 1.82) is 0 Å². The first-order valence-electron chi connectivity index (χ1n) is 5.43. The quantitative estimate of drug-likeness (QED) is 0.740. The Kier molecular flexibility index (Phi) is 2.59. The highest BCUT2D eigenvalue weighted by Gasteiger charge is 2.27. The first-order chi connectivity index (χ1) is 6.68. The fraction of sp³-hybridized carbons (Fsp3) is 0.727. The van der Waals surface area contributed by atoms with Gasteiger partial charge >= 0.3 is 0 Å². The number of hydrogen-bond donors (Lipinski definition) is 1. The number of nitrogens with two attached hydrogens (primary N) is 1. The van der Waals surface area contributed by atoms with Crippen LogP contribution in [0.1, 0.15) is 38.1 Å². The van der Waals surface area contributed by atoms with Gasteiger partial charge in [0.25, 0.3) is 0 Å². The zero-order valence-corrected chi connectivity index (χ0v) is 8.98. The van der Waals surface area contributed by atoms with Gasteiger partial charge in [-0.1, -0.05) is 6.92 Å². The highest BCUT2D eigenvalue weighted by atomic mass is 15.1. The third-order valence-electron chi connectivity index (χ3n) is 3.35. The van der Waals surface area contributed by atoms with E-state index in [1.165, 1.54) is 12.8 Å². The Morgan fingerprint density at radius 1 is 1.50 bits per heavy atom. The molecule has 2 rings (SSSR count). The number of hydrogen-bond acceptors (Lipinski definition) is 2. The summed E-state index contributed by atoms with van der Waals surface area (Å²) in [6, 6.07) is 0.764. The Balaban J connectivity index is 2.20. The minimum atomic E-state index is 0.305. The lowest BCUT2D eigenvalue weighted by Crippen LogP contribution is -2.37. The van der Waals surface area contributed by atoms with E-state index >= 15 is 0 Å². The molecular formula is C11H19N3. The average Bonchev–Trinajstić information content (AvgIpc) is 2.56. The van der Waals surface area contributed by atoms with Crippen LogP contribution in [0.3, 0.4) is 0 Å². The largest absolute Gasteiger partial charge is 0.331 e. The van der Waals surface area contributed by atoms with Crippen LogP contribution < -0.4 is 5.73 Å². The van der Waals surface area contributed by atoms with E-state index in [1.807, 2.05) is 13.1 Å². The number of rotatable bonds is 1. The second-order valence-corrected chi connectivity index (χ2v) is 4.53. The third-order valence-corrected chi connectivity index (χ3v) is 3.35. The molecule has 0 spiro atoms. The molecule has 0 amide bonds. The predicted molar refractivity (Wildman–Crippen MR) is 57.0 cm³/mol. The summed E-state index contributed by atoms with van der Waals surface area (Å²) in [5.74, 6) is 1.88. The van der Waals surface area contributed by atoms with Gasteiger partial charge in [-0.25, -0.2) is 4.98 Å². The van der Waals surface area contributed by atoms with Gasteiger partial charge < -0.3 is 10.3 Å². The summed E-state index contributed by atoms with van der Waals surface area (Å²) in [4.78, 5) is 4.26. The topological polar surface area (TPSA) is 43.8 Å². The summed E-state index contributed by atoms with van der Waals surface area (Å²) in [7, 11) is 0. The molecule has 3 unspecified atom stereocenters. The van der Waals surface area contributed by atoms with Crippen molar-refractivity contribution in [3.05, 3.63) is 18.2 Å². The molecule has 0 aliphatic heterocycles. The average molecular weight is 193 g/mol. The van der Waals surface area contributed by atoms with Crippen LogP contribution in [0.15, 0.2) is 12.4 Å². The lowest BCUT2D eigenvalue weighted by atomic mass is 9.83. The van der Waals surface area contributed by atoms with Crippen molar-refractivity contribution in [2.45, 2.75) is 45.2 Å². The van der Waals surface area contributed by atoms with E-state index in [0.717, 1.165) is 18.2 Å². The van der Waals surface area contributed by atoms with Crippen LogP contribution in [0.5, 0.6) is 0 Å². The minimum absolute atomic E-state index is 0.305. The number of aryl methyl sites for hydroxylation is 1. The van der Waals surface area contributed by atoms with E-state index in [0.29, 0.717) is 12.1 Å². The smallest absolute Gasteiger partial charge is 0.105 e. The fourth-order valence-corrected chi connectivity index (χ4v) is 2.43. The van der Waals surface area contributed by atoms with Gasteiger partial charge in [0, 0.05) is 18.4 Å². The van der Waals surface area contributed by atoms with Crippen molar-refractivity contribution in [2.75, 3.05) is 0 Å². The van der Waals surface area contributed by atoms with Crippen molar-refractivity contribution in [2.24, 2.45) is 11.7 Å². The maximum Gasteiger partial charge on any atom is 0.105 e. The van der Waals surface area contributed by atoms with Crippen molar-refractivity contribution < 1.29 is 0 Å². The molecule has 1 aromatic heterocycles. The normalized spacial score (nSPS) is 33.2. The van der Waals surface area contributed by atoms with Gasteiger partial charge in [-0.2, -0.15) is 0 Å². The summed E-state index contributed by atoms with van der Waals surface area (Å²) in [6.07, 6.45) is 7.52.